The van der Waals surface area contributed by atoms with Gasteiger partial charge in [-0.05, 0) is 69.8 Å². The predicted molar refractivity (Wildman–Crippen MR) is 125 cm³/mol. The van der Waals surface area contributed by atoms with Crippen LogP contribution in [0.15, 0.2) is 35.1 Å². The molecule has 2 aromatic rings. The van der Waals surface area contributed by atoms with Gasteiger partial charge in [-0.2, -0.15) is 0 Å². The highest BCUT2D eigenvalue weighted by Gasteiger charge is 2.82. The molecule has 5 heteroatoms. The van der Waals surface area contributed by atoms with Gasteiger partial charge in [-0.15, -0.1) is 0 Å². The molecule has 4 aliphatic carbocycles. The maximum Gasteiger partial charge on any atom is 0.139 e. The predicted octanol–water partition coefficient (Wildman–Crippen LogP) is 4.64. The Hall–Kier alpha value is -1.82. The Morgan fingerprint density at radius 2 is 2.06 bits per heavy atom. The molecule has 5 nitrogen and oxygen atoms in total. The number of hydrogen-bond donors (Lipinski definition) is 0. The molecule has 0 amide bonds. The summed E-state index contributed by atoms with van der Waals surface area (Å²) in [5.74, 6) is 1.16. The standard InChI is InChI=1S/C28H35NO4/c1-18-5-6-20-13-21-26-8-9-28(30-4,25(2,16-26)17-32-15-19-7-12-31-14-19)24-27(26,10-11-29(21)3)22(20)23(18)33-24/h5-7,12,14,21,24H,8-11,13,15-17H2,1-4H3/t21-,24?,25-,26-,27+,28+/m1/s1. The fourth-order valence-corrected chi connectivity index (χ4v) is 9.34. The minimum Gasteiger partial charge on any atom is -0.486 e. The first-order valence-corrected chi connectivity index (χ1v) is 12.5. The topological polar surface area (TPSA) is 44.1 Å². The lowest BCUT2D eigenvalue weighted by molar-refractivity contribution is -0.313. The van der Waals surface area contributed by atoms with Gasteiger partial charge in [0, 0.05) is 40.5 Å². The fraction of sp³-hybridized carbons (Fsp3) is 0.643. The van der Waals surface area contributed by atoms with Gasteiger partial charge in [0.2, 0.25) is 0 Å². The van der Waals surface area contributed by atoms with Crippen molar-refractivity contribution >= 4 is 0 Å². The molecule has 1 aromatic heterocycles. The first-order valence-electron chi connectivity index (χ1n) is 12.5. The number of likely N-dealkylation sites (N-methyl/N-ethyl adjacent to an activating group) is 1. The first-order chi connectivity index (χ1) is 15.9. The maximum atomic E-state index is 7.10. The van der Waals surface area contributed by atoms with E-state index in [9.17, 15) is 0 Å². The molecule has 8 rings (SSSR count). The molecular formula is C28H35NO4. The van der Waals surface area contributed by atoms with E-state index >= 15 is 0 Å². The van der Waals surface area contributed by atoms with Crippen LogP contribution in [-0.4, -0.2) is 50.0 Å². The molecule has 4 fully saturated rings. The quantitative estimate of drug-likeness (QED) is 0.665. The van der Waals surface area contributed by atoms with E-state index in [4.69, 9.17) is 18.6 Å². The number of methoxy groups -OCH3 is 1. The molecule has 1 saturated heterocycles. The summed E-state index contributed by atoms with van der Waals surface area (Å²) in [6.45, 7) is 6.99. The van der Waals surface area contributed by atoms with E-state index in [1.165, 1.54) is 17.5 Å². The summed E-state index contributed by atoms with van der Waals surface area (Å²) in [5, 5.41) is 0. The Morgan fingerprint density at radius 1 is 1.18 bits per heavy atom. The van der Waals surface area contributed by atoms with Crippen molar-refractivity contribution in [3.05, 3.63) is 53.0 Å². The summed E-state index contributed by atoms with van der Waals surface area (Å²) in [6, 6.07) is 7.18. The highest BCUT2D eigenvalue weighted by molar-refractivity contribution is 5.61. The van der Waals surface area contributed by atoms with Crippen molar-refractivity contribution in [2.45, 2.75) is 75.7 Å². The molecule has 1 aromatic carbocycles. The van der Waals surface area contributed by atoms with Crippen LogP contribution in [-0.2, 0) is 27.9 Å². The van der Waals surface area contributed by atoms with E-state index in [0.29, 0.717) is 19.3 Å². The van der Waals surface area contributed by atoms with Crippen LogP contribution in [0.25, 0.3) is 0 Å². The molecule has 3 heterocycles. The average Bonchev–Trinajstić information content (AvgIpc) is 3.44. The minimum atomic E-state index is -0.355. The monoisotopic (exact) mass is 449 g/mol. The Bertz CT molecular complexity index is 1110. The normalized spacial score (nSPS) is 42.3. The lowest BCUT2D eigenvalue weighted by Crippen LogP contribution is -2.83. The van der Waals surface area contributed by atoms with Crippen molar-refractivity contribution in [1.29, 1.82) is 0 Å². The molecule has 2 aliphatic heterocycles. The van der Waals surface area contributed by atoms with Crippen LogP contribution >= 0.6 is 0 Å². The summed E-state index contributed by atoms with van der Waals surface area (Å²) >= 11 is 0. The van der Waals surface area contributed by atoms with Crippen LogP contribution in [0.4, 0.5) is 0 Å². The number of aryl methyl sites for hydroxylation is 1. The van der Waals surface area contributed by atoms with E-state index in [1.54, 1.807) is 18.1 Å². The second-order valence-corrected chi connectivity index (χ2v) is 11.8. The van der Waals surface area contributed by atoms with Gasteiger partial charge < -0.3 is 23.5 Å². The van der Waals surface area contributed by atoms with Gasteiger partial charge in [-0.1, -0.05) is 19.1 Å². The number of likely N-dealkylation sites (tertiary alicyclic amines) is 1. The summed E-state index contributed by atoms with van der Waals surface area (Å²) in [6.07, 6.45) is 9.19. The molecule has 1 unspecified atom stereocenters. The van der Waals surface area contributed by atoms with Gasteiger partial charge in [0.25, 0.3) is 0 Å². The van der Waals surface area contributed by atoms with Gasteiger partial charge in [0.05, 0.1) is 25.7 Å². The Labute approximate surface area is 196 Å². The van der Waals surface area contributed by atoms with Gasteiger partial charge in [-0.3, -0.25) is 0 Å². The molecule has 4 bridgehead atoms. The molecule has 6 aliphatic rings. The zero-order chi connectivity index (χ0) is 22.6. The second kappa shape index (κ2) is 6.44. The summed E-state index contributed by atoms with van der Waals surface area (Å²) in [4.78, 5) is 2.65. The van der Waals surface area contributed by atoms with Crippen LogP contribution in [0.1, 0.15) is 54.9 Å². The number of benzene rings is 1. The van der Waals surface area contributed by atoms with Crippen LogP contribution in [0.5, 0.6) is 5.75 Å². The van der Waals surface area contributed by atoms with Crippen LogP contribution in [0.2, 0.25) is 0 Å². The van der Waals surface area contributed by atoms with E-state index in [0.717, 1.165) is 43.5 Å². The maximum absolute atomic E-state index is 7.10. The number of piperidine rings is 1. The Kier molecular flexibility index (Phi) is 4.01. The summed E-state index contributed by atoms with van der Waals surface area (Å²) in [5.41, 5.74) is 5.18. The van der Waals surface area contributed by atoms with Gasteiger partial charge in [0.1, 0.15) is 17.5 Å². The number of fused-ring (bicyclic) bond motifs is 2. The SMILES string of the molecule is CO[C@]12CC[C@@]3(C[C@]1(C)COCc1ccoc1)[C@H]1Cc4ccc(C)c5c4[C@@]3(CCN1C)C2O5. The average molecular weight is 450 g/mol. The molecule has 3 saturated carbocycles. The van der Waals surface area contributed by atoms with Crippen molar-refractivity contribution < 1.29 is 18.6 Å². The number of ether oxygens (including phenoxy) is 3. The molecule has 176 valence electrons. The Morgan fingerprint density at radius 3 is 2.85 bits per heavy atom. The van der Waals surface area contributed by atoms with Crippen molar-refractivity contribution in [3.63, 3.8) is 0 Å². The zero-order valence-electron chi connectivity index (χ0n) is 20.3. The molecule has 0 N–H and O–H groups in total. The van der Waals surface area contributed by atoms with E-state index < -0.39 is 0 Å². The third kappa shape index (κ3) is 2.17. The summed E-state index contributed by atoms with van der Waals surface area (Å²) < 4.78 is 25.4. The van der Waals surface area contributed by atoms with Crippen molar-refractivity contribution in [3.8, 4) is 5.75 Å². The van der Waals surface area contributed by atoms with Crippen LogP contribution in [0.3, 0.4) is 0 Å². The van der Waals surface area contributed by atoms with Crippen molar-refractivity contribution in [2.75, 3.05) is 27.3 Å². The smallest absolute Gasteiger partial charge is 0.139 e. The Balaban J connectivity index is 1.38. The largest absolute Gasteiger partial charge is 0.486 e. The lowest BCUT2D eigenvalue weighted by atomic mass is 9.32. The molecule has 0 radical (unpaired) electrons. The first kappa shape index (κ1) is 20.5. The number of nitrogens with zero attached hydrogens (tertiary/aromatic N) is 1. The lowest BCUT2D eigenvalue weighted by Gasteiger charge is -2.76. The third-order valence-corrected chi connectivity index (χ3v) is 10.6. The molecule has 6 atom stereocenters. The van der Waals surface area contributed by atoms with E-state index in [1.807, 2.05) is 13.2 Å². The second-order valence-electron chi connectivity index (χ2n) is 11.8. The molecular weight excluding hydrogens is 414 g/mol. The number of hydrogen-bond acceptors (Lipinski definition) is 5. The van der Waals surface area contributed by atoms with Crippen molar-refractivity contribution in [2.24, 2.45) is 10.8 Å². The number of rotatable bonds is 5. The minimum absolute atomic E-state index is 0.0476. The highest BCUT2D eigenvalue weighted by atomic mass is 16.6. The third-order valence-electron chi connectivity index (χ3n) is 10.6. The van der Waals surface area contributed by atoms with Crippen LogP contribution in [0, 0.1) is 17.8 Å². The zero-order valence-corrected chi connectivity index (χ0v) is 20.3. The fourth-order valence-electron chi connectivity index (χ4n) is 9.34. The van der Waals surface area contributed by atoms with Crippen molar-refractivity contribution in [1.82, 2.24) is 4.90 Å². The van der Waals surface area contributed by atoms with E-state index in [2.05, 4.69) is 37.9 Å². The summed E-state index contributed by atoms with van der Waals surface area (Å²) in [7, 11) is 4.26. The van der Waals surface area contributed by atoms with Gasteiger partial charge in [-0.25, -0.2) is 0 Å². The van der Waals surface area contributed by atoms with Gasteiger partial charge in [0.15, 0.2) is 0 Å². The molecule has 2 spiro atoms. The molecule has 33 heavy (non-hydrogen) atoms. The number of furan rings is 1. The highest BCUT2D eigenvalue weighted by Crippen LogP contribution is 2.78. The van der Waals surface area contributed by atoms with Gasteiger partial charge >= 0.3 is 0 Å². The van der Waals surface area contributed by atoms with E-state index in [-0.39, 0.29) is 27.9 Å². The van der Waals surface area contributed by atoms with Crippen LogP contribution < -0.4 is 4.74 Å².